The van der Waals surface area contributed by atoms with Crippen molar-refractivity contribution >= 4 is 0 Å². The second kappa shape index (κ2) is 5.83. The Labute approximate surface area is 92.2 Å². The molecule has 2 rings (SSSR count). The van der Waals surface area contributed by atoms with Crippen LogP contribution in [0.2, 0.25) is 0 Å². The largest absolute Gasteiger partial charge is 0.392 e. The first kappa shape index (κ1) is 11.4. The Hall–Kier alpha value is -0.120. The van der Waals surface area contributed by atoms with E-state index in [4.69, 9.17) is 4.74 Å². The van der Waals surface area contributed by atoms with Gasteiger partial charge in [0, 0.05) is 19.3 Å². The summed E-state index contributed by atoms with van der Waals surface area (Å²) in [7, 11) is 0. The SMILES string of the molecule is O[C@@H]1CCCC[C@H]1NCCC1CCOC1. The van der Waals surface area contributed by atoms with Crippen molar-refractivity contribution in [3.63, 3.8) is 0 Å². The molecule has 1 heterocycles. The van der Waals surface area contributed by atoms with Crippen molar-refractivity contribution in [2.24, 2.45) is 5.92 Å². The summed E-state index contributed by atoms with van der Waals surface area (Å²) in [4.78, 5) is 0. The fourth-order valence-corrected chi connectivity index (χ4v) is 2.63. The standard InChI is InChI=1S/C12H23NO2/c14-12-4-2-1-3-11(12)13-7-5-10-6-8-15-9-10/h10-14H,1-9H2/t10?,11-,12-/m1/s1. The van der Waals surface area contributed by atoms with Crippen LogP contribution in [0.15, 0.2) is 0 Å². The van der Waals surface area contributed by atoms with Crippen molar-refractivity contribution < 1.29 is 9.84 Å². The van der Waals surface area contributed by atoms with E-state index in [2.05, 4.69) is 5.32 Å². The third-order valence-corrected chi connectivity index (χ3v) is 3.71. The van der Waals surface area contributed by atoms with E-state index in [1.165, 1.54) is 25.7 Å². The Morgan fingerprint density at radius 3 is 2.80 bits per heavy atom. The molecule has 2 aliphatic rings. The maximum atomic E-state index is 9.77. The first-order chi connectivity index (χ1) is 7.36. The Kier molecular flexibility index (Phi) is 4.42. The number of aliphatic hydroxyl groups is 1. The lowest BCUT2D eigenvalue weighted by Gasteiger charge is -2.28. The predicted molar refractivity (Wildman–Crippen MR) is 59.8 cm³/mol. The van der Waals surface area contributed by atoms with Gasteiger partial charge in [-0.15, -0.1) is 0 Å². The van der Waals surface area contributed by atoms with E-state index in [-0.39, 0.29) is 6.10 Å². The molecule has 1 aliphatic carbocycles. The summed E-state index contributed by atoms with van der Waals surface area (Å²) >= 11 is 0. The highest BCUT2D eigenvalue weighted by molar-refractivity contribution is 4.80. The number of ether oxygens (including phenoxy) is 1. The van der Waals surface area contributed by atoms with Gasteiger partial charge >= 0.3 is 0 Å². The highest BCUT2D eigenvalue weighted by atomic mass is 16.5. The molecular formula is C12H23NO2. The lowest BCUT2D eigenvalue weighted by molar-refractivity contribution is 0.0901. The summed E-state index contributed by atoms with van der Waals surface area (Å²) in [6.07, 6.45) is 6.88. The van der Waals surface area contributed by atoms with Gasteiger partial charge < -0.3 is 15.2 Å². The zero-order valence-electron chi connectivity index (χ0n) is 9.45. The van der Waals surface area contributed by atoms with E-state index in [1.54, 1.807) is 0 Å². The summed E-state index contributed by atoms with van der Waals surface area (Å²) in [5, 5.41) is 13.3. The molecule has 0 spiro atoms. The Morgan fingerprint density at radius 2 is 2.07 bits per heavy atom. The highest BCUT2D eigenvalue weighted by Crippen LogP contribution is 2.19. The van der Waals surface area contributed by atoms with E-state index < -0.39 is 0 Å². The third kappa shape index (κ3) is 3.44. The summed E-state index contributed by atoms with van der Waals surface area (Å²) in [5.74, 6) is 0.748. The van der Waals surface area contributed by atoms with Gasteiger partial charge in [-0.3, -0.25) is 0 Å². The number of aliphatic hydroxyl groups excluding tert-OH is 1. The summed E-state index contributed by atoms with van der Waals surface area (Å²) < 4.78 is 5.34. The molecule has 3 heteroatoms. The lowest BCUT2D eigenvalue weighted by Crippen LogP contribution is -2.42. The topological polar surface area (TPSA) is 41.5 Å². The molecular weight excluding hydrogens is 190 g/mol. The van der Waals surface area contributed by atoms with Crippen LogP contribution < -0.4 is 5.32 Å². The molecule has 3 atom stereocenters. The van der Waals surface area contributed by atoms with E-state index in [1.807, 2.05) is 0 Å². The first-order valence-corrected chi connectivity index (χ1v) is 6.35. The zero-order valence-corrected chi connectivity index (χ0v) is 9.45. The van der Waals surface area contributed by atoms with Crippen LogP contribution in [0.4, 0.5) is 0 Å². The smallest absolute Gasteiger partial charge is 0.0693 e. The van der Waals surface area contributed by atoms with Crippen LogP contribution in [0, 0.1) is 5.92 Å². The molecule has 1 unspecified atom stereocenters. The van der Waals surface area contributed by atoms with E-state index in [0.29, 0.717) is 6.04 Å². The zero-order chi connectivity index (χ0) is 10.5. The maximum Gasteiger partial charge on any atom is 0.0693 e. The van der Waals surface area contributed by atoms with Gasteiger partial charge in [0.2, 0.25) is 0 Å². The van der Waals surface area contributed by atoms with E-state index in [0.717, 1.165) is 38.5 Å². The van der Waals surface area contributed by atoms with Gasteiger partial charge in [0.15, 0.2) is 0 Å². The van der Waals surface area contributed by atoms with Crippen LogP contribution in [-0.2, 0) is 4.74 Å². The second-order valence-corrected chi connectivity index (χ2v) is 4.93. The quantitative estimate of drug-likeness (QED) is 0.740. The number of hydrogen-bond donors (Lipinski definition) is 2. The lowest BCUT2D eigenvalue weighted by atomic mass is 9.92. The van der Waals surface area contributed by atoms with Gasteiger partial charge in [0.05, 0.1) is 6.10 Å². The van der Waals surface area contributed by atoms with Crippen molar-refractivity contribution in [3.8, 4) is 0 Å². The Bertz CT molecular complexity index is 180. The van der Waals surface area contributed by atoms with Crippen molar-refractivity contribution in [2.45, 2.75) is 50.7 Å². The summed E-state index contributed by atoms with van der Waals surface area (Å²) in [6.45, 7) is 2.92. The summed E-state index contributed by atoms with van der Waals surface area (Å²) in [5.41, 5.74) is 0. The molecule has 0 aromatic heterocycles. The molecule has 15 heavy (non-hydrogen) atoms. The molecule has 0 bridgehead atoms. The minimum atomic E-state index is -0.112. The van der Waals surface area contributed by atoms with Crippen molar-refractivity contribution in [1.82, 2.24) is 5.32 Å². The Balaban J connectivity index is 1.59. The van der Waals surface area contributed by atoms with Crippen LogP contribution in [0.25, 0.3) is 0 Å². The van der Waals surface area contributed by atoms with Gasteiger partial charge in [-0.1, -0.05) is 12.8 Å². The van der Waals surface area contributed by atoms with Gasteiger partial charge in [0.25, 0.3) is 0 Å². The maximum absolute atomic E-state index is 9.77. The van der Waals surface area contributed by atoms with Crippen molar-refractivity contribution in [1.29, 1.82) is 0 Å². The normalized spacial score (nSPS) is 37.0. The van der Waals surface area contributed by atoms with Crippen LogP contribution in [0.5, 0.6) is 0 Å². The van der Waals surface area contributed by atoms with Crippen LogP contribution in [-0.4, -0.2) is 37.0 Å². The molecule has 2 N–H and O–H groups in total. The van der Waals surface area contributed by atoms with Crippen LogP contribution >= 0.6 is 0 Å². The van der Waals surface area contributed by atoms with Crippen LogP contribution in [0.1, 0.15) is 38.5 Å². The van der Waals surface area contributed by atoms with Gasteiger partial charge in [-0.25, -0.2) is 0 Å². The monoisotopic (exact) mass is 213 g/mol. The molecule has 0 amide bonds. The van der Waals surface area contributed by atoms with Gasteiger partial charge in [-0.05, 0) is 38.1 Å². The van der Waals surface area contributed by atoms with E-state index >= 15 is 0 Å². The molecule has 1 saturated heterocycles. The van der Waals surface area contributed by atoms with Crippen molar-refractivity contribution in [3.05, 3.63) is 0 Å². The summed E-state index contributed by atoms with van der Waals surface area (Å²) in [6, 6.07) is 0.348. The average Bonchev–Trinajstić information content (AvgIpc) is 2.74. The molecule has 88 valence electrons. The molecule has 1 aliphatic heterocycles. The van der Waals surface area contributed by atoms with Crippen LogP contribution in [0.3, 0.4) is 0 Å². The highest BCUT2D eigenvalue weighted by Gasteiger charge is 2.22. The third-order valence-electron chi connectivity index (χ3n) is 3.71. The number of nitrogens with one attached hydrogen (secondary N) is 1. The molecule has 3 nitrogen and oxygen atoms in total. The molecule has 0 aromatic carbocycles. The first-order valence-electron chi connectivity index (χ1n) is 6.35. The minimum absolute atomic E-state index is 0.112. The molecule has 1 saturated carbocycles. The Morgan fingerprint density at radius 1 is 1.20 bits per heavy atom. The molecule has 2 fully saturated rings. The average molecular weight is 213 g/mol. The molecule has 0 aromatic rings. The molecule has 0 radical (unpaired) electrons. The number of hydrogen-bond acceptors (Lipinski definition) is 3. The fraction of sp³-hybridized carbons (Fsp3) is 1.00. The fourth-order valence-electron chi connectivity index (χ4n) is 2.63. The second-order valence-electron chi connectivity index (χ2n) is 4.93. The minimum Gasteiger partial charge on any atom is -0.392 e. The number of rotatable bonds is 4. The van der Waals surface area contributed by atoms with Gasteiger partial charge in [0.1, 0.15) is 0 Å². The van der Waals surface area contributed by atoms with Gasteiger partial charge in [-0.2, -0.15) is 0 Å². The van der Waals surface area contributed by atoms with Crippen molar-refractivity contribution in [2.75, 3.05) is 19.8 Å². The van der Waals surface area contributed by atoms with E-state index in [9.17, 15) is 5.11 Å². The predicted octanol–water partition coefficient (Wildman–Crippen LogP) is 1.31.